The molecule has 1 saturated heterocycles. The van der Waals surface area contributed by atoms with E-state index in [0.717, 1.165) is 0 Å². The number of carboxylic acid groups (broad SMARTS) is 2. The van der Waals surface area contributed by atoms with Gasteiger partial charge in [-0.1, -0.05) is 19.1 Å². The summed E-state index contributed by atoms with van der Waals surface area (Å²) in [5, 5.41) is 36.2. The van der Waals surface area contributed by atoms with Crippen LogP contribution in [0.15, 0.2) is 67.3 Å². The molecule has 3 N–H and O–H groups in total. The van der Waals surface area contributed by atoms with Crippen LogP contribution in [0.1, 0.15) is 61.9 Å². The van der Waals surface area contributed by atoms with Crippen LogP contribution < -0.4 is 10.1 Å². The standard InChI is InChI=1S/C32H38N4O9/c1-4-31(29(38)39)21(2)34-22(3)32(30(40)41,27(31)24-7-5-8-25(19-24)36(42)43)13-6-17-45-28(37)23-9-11-26(12-10-23)44-18-16-35-15-14-33-20-35/h5,7-12,14-15,19-22,27,34H,4,6,13,16-18H2,1-3H3,(H,38,39)(H,40,41). The number of carbonyl (C=O) groups is 3. The summed E-state index contributed by atoms with van der Waals surface area (Å²) < 4.78 is 13.1. The van der Waals surface area contributed by atoms with E-state index in [9.17, 15) is 34.7 Å². The Labute approximate surface area is 260 Å². The summed E-state index contributed by atoms with van der Waals surface area (Å²) in [6.07, 6.45) is 5.32. The number of imidazole rings is 1. The first kappa shape index (κ1) is 33.1. The van der Waals surface area contributed by atoms with Crippen molar-refractivity contribution in [1.29, 1.82) is 0 Å². The van der Waals surface area contributed by atoms with Crippen LogP contribution in [-0.4, -0.2) is 67.9 Å². The number of esters is 1. The van der Waals surface area contributed by atoms with Gasteiger partial charge >= 0.3 is 17.9 Å². The van der Waals surface area contributed by atoms with Crippen molar-refractivity contribution in [3.63, 3.8) is 0 Å². The molecule has 1 aromatic heterocycles. The number of carboxylic acids is 2. The fourth-order valence-corrected chi connectivity index (χ4v) is 6.78. The topological polar surface area (TPSA) is 183 Å². The molecule has 4 rings (SSSR count). The lowest BCUT2D eigenvalue weighted by Gasteiger charge is -2.57. The van der Waals surface area contributed by atoms with E-state index >= 15 is 0 Å². The van der Waals surface area contributed by atoms with E-state index in [1.807, 2.05) is 10.8 Å². The molecule has 1 fully saturated rings. The van der Waals surface area contributed by atoms with Gasteiger partial charge in [0.05, 0.1) is 40.8 Å². The zero-order valence-electron chi connectivity index (χ0n) is 25.4. The maximum Gasteiger partial charge on any atom is 0.338 e. The molecule has 0 bridgehead atoms. The molecule has 5 atom stereocenters. The second-order valence-electron chi connectivity index (χ2n) is 11.4. The third-order valence-electron chi connectivity index (χ3n) is 9.11. The molecule has 2 aromatic carbocycles. The van der Waals surface area contributed by atoms with Crippen LogP contribution in [0.2, 0.25) is 0 Å². The SMILES string of the molecule is CCC1(C(=O)O)C(C)NC(C)C(CCCOC(=O)c2ccc(OCCn3ccnc3)cc2)(C(=O)O)C1c1cccc([N+](=O)[O-])c1. The van der Waals surface area contributed by atoms with Crippen LogP contribution in [0.3, 0.4) is 0 Å². The maximum absolute atomic E-state index is 13.3. The summed E-state index contributed by atoms with van der Waals surface area (Å²) in [7, 11) is 0. The largest absolute Gasteiger partial charge is 0.492 e. The number of nitrogens with zero attached hydrogens (tertiary/aromatic N) is 3. The zero-order valence-corrected chi connectivity index (χ0v) is 25.4. The van der Waals surface area contributed by atoms with Crippen molar-refractivity contribution in [1.82, 2.24) is 14.9 Å². The number of ether oxygens (including phenoxy) is 2. The summed E-state index contributed by atoms with van der Waals surface area (Å²) in [5.41, 5.74) is -3.00. The molecule has 45 heavy (non-hydrogen) atoms. The minimum atomic E-state index is -1.70. The molecule has 13 nitrogen and oxygen atoms in total. The number of rotatable bonds is 14. The van der Waals surface area contributed by atoms with E-state index in [-0.39, 0.29) is 42.7 Å². The van der Waals surface area contributed by atoms with E-state index < -0.39 is 51.7 Å². The Hall–Kier alpha value is -4.78. The monoisotopic (exact) mass is 622 g/mol. The lowest BCUT2D eigenvalue weighted by atomic mass is 9.49. The number of nitro benzene ring substituents is 1. The molecule has 2 heterocycles. The molecule has 240 valence electrons. The first-order valence-corrected chi connectivity index (χ1v) is 14.8. The molecule has 0 amide bonds. The van der Waals surface area contributed by atoms with Crippen molar-refractivity contribution >= 4 is 23.6 Å². The average Bonchev–Trinajstić information content (AvgIpc) is 3.53. The fraction of sp³-hybridized carbons (Fsp3) is 0.438. The third-order valence-corrected chi connectivity index (χ3v) is 9.11. The molecule has 0 radical (unpaired) electrons. The van der Waals surface area contributed by atoms with Gasteiger partial charge in [0.15, 0.2) is 0 Å². The first-order chi connectivity index (χ1) is 21.5. The lowest BCUT2D eigenvalue weighted by molar-refractivity contribution is -0.385. The van der Waals surface area contributed by atoms with E-state index in [1.54, 1.807) is 63.6 Å². The van der Waals surface area contributed by atoms with Crippen LogP contribution in [0.4, 0.5) is 5.69 Å². The van der Waals surface area contributed by atoms with E-state index in [2.05, 4.69) is 10.3 Å². The number of benzene rings is 2. The normalized spacial score (nSPS) is 24.5. The molecule has 0 aliphatic carbocycles. The number of nitrogens with one attached hydrogen (secondary N) is 1. The van der Waals surface area contributed by atoms with E-state index in [1.165, 1.54) is 18.2 Å². The first-order valence-electron chi connectivity index (χ1n) is 14.8. The Morgan fingerprint density at radius 2 is 1.73 bits per heavy atom. The third kappa shape index (κ3) is 6.53. The van der Waals surface area contributed by atoms with Gasteiger partial charge in [-0.05, 0) is 62.9 Å². The Morgan fingerprint density at radius 1 is 1.04 bits per heavy atom. The Bertz CT molecular complexity index is 1510. The van der Waals surface area contributed by atoms with E-state index in [0.29, 0.717) is 18.9 Å². The maximum atomic E-state index is 13.3. The van der Waals surface area contributed by atoms with Gasteiger partial charge in [-0.2, -0.15) is 0 Å². The van der Waals surface area contributed by atoms with Gasteiger partial charge < -0.3 is 29.6 Å². The highest BCUT2D eigenvalue weighted by Crippen LogP contribution is 2.59. The van der Waals surface area contributed by atoms with Crippen molar-refractivity contribution in [3.05, 3.63) is 88.5 Å². The zero-order chi connectivity index (χ0) is 32.8. The number of piperidine rings is 1. The highest BCUT2D eigenvalue weighted by molar-refractivity contribution is 5.89. The molecule has 0 saturated carbocycles. The van der Waals surface area contributed by atoms with Crippen molar-refractivity contribution in [3.8, 4) is 5.75 Å². The molecule has 5 unspecified atom stereocenters. The van der Waals surface area contributed by atoms with Crippen molar-refractivity contribution in [2.24, 2.45) is 10.8 Å². The summed E-state index contributed by atoms with van der Waals surface area (Å²) in [6, 6.07) is 10.6. The molecule has 3 aromatic rings. The fourth-order valence-electron chi connectivity index (χ4n) is 6.78. The van der Waals surface area contributed by atoms with Gasteiger partial charge in [0, 0.05) is 42.5 Å². The number of carbonyl (C=O) groups excluding carboxylic acids is 1. The van der Waals surface area contributed by atoms with Crippen LogP contribution in [0.5, 0.6) is 5.75 Å². The quantitative estimate of drug-likeness (QED) is 0.0994. The van der Waals surface area contributed by atoms with Gasteiger partial charge in [-0.3, -0.25) is 19.7 Å². The van der Waals surface area contributed by atoms with Gasteiger partial charge in [0.1, 0.15) is 12.4 Å². The van der Waals surface area contributed by atoms with Crippen molar-refractivity contribution in [2.45, 2.75) is 64.6 Å². The second kappa shape index (κ2) is 13.9. The van der Waals surface area contributed by atoms with Crippen molar-refractivity contribution in [2.75, 3.05) is 13.2 Å². The summed E-state index contributed by atoms with van der Waals surface area (Å²) >= 11 is 0. The number of hydrogen-bond donors (Lipinski definition) is 3. The molecular formula is C32H38N4O9. The van der Waals surface area contributed by atoms with Gasteiger partial charge in [-0.25, -0.2) is 9.78 Å². The molecular weight excluding hydrogens is 584 g/mol. The summed E-state index contributed by atoms with van der Waals surface area (Å²) in [5.74, 6) is -3.59. The molecule has 0 spiro atoms. The van der Waals surface area contributed by atoms with Crippen LogP contribution in [0.25, 0.3) is 0 Å². The smallest absolute Gasteiger partial charge is 0.338 e. The predicted octanol–water partition coefficient (Wildman–Crippen LogP) is 4.52. The van der Waals surface area contributed by atoms with E-state index in [4.69, 9.17) is 9.47 Å². The second-order valence-corrected chi connectivity index (χ2v) is 11.4. The number of non-ortho nitro benzene ring substituents is 1. The number of hydrogen-bond acceptors (Lipinski definition) is 9. The number of nitro groups is 1. The molecule has 13 heteroatoms. The van der Waals surface area contributed by atoms with Gasteiger partial charge in [0.2, 0.25) is 0 Å². The minimum Gasteiger partial charge on any atom is -0.492 e. The minimum absolute atomic E-state index is 0.0530. The Balaban J connectivity index is 1.52. The van der Waals surface area contributed by atoms with Gasteiger partial charge in [-0.15, -0.1) is 0 Å². The molecule has 1 aliphatic heterocycles. The highest BCUT2D eigenvalue weighted by atomic mass is 16.6. The summed E-state index contributed by atoms with van der Waals surface area (Å²) in [4.78, 5) is 54.1. The number of aromatic nitrogens is 2. The highest BCUT2D eigenvalue weighted by Gasteiger charge is 2.66. The molecule has 1 aliphatic rings. The Kier molecular flexibility index (Phi) is 10.2. The van der Waals surface area contributed by atoms with Crippen LogP contribution in [-0.2, 0) is 20.9 Å². The van der Waals surface area contributed by atoms with Gasteiger partial charge in [0.25, 0.3) is 5.69 Å². The van der Waals surface area contributed by atoms with Crippen LogP contribution >= 0.6 is 0 Å². The lowest BCUT2D eigenvalue weighted by Crippen LogP contribution is -2.69. The number of aliphatic carboxylic acids is 2. The Morgan fingerprint density at radius 3 is 2.33 bits per heavy atom. The van der Waals surface area contributed by atoms with Crippen LogP contribution in [0, 0.1) is 20.9 Å². The average molecular weight is 623 g/mol. The predicted molar refractivity (Wildman–Crippen MR) is 162 cm³/mol. The summed E-state index contributed by atoms with van der Waals surface area (Å²) in [6.45, 7) is 5.96. The van der Waals surface area contributed by atoms with Crippen molar-refractivity contribution < 1.29 is 39.0 Å².